The van der Waals surface area contributed by atoms with Crippen LogP contribution in [0.15, 0.2) is 18.2 Å². The number of hydrogen-bond donors (Lipinski definition) is 1. The maximum Gasteiger partial charge on any atom is 0.123 e. The summed E-state index contributed by atoms with van der Waals surface area (Å²) in [7, 11) is 3.77. The number of hydrogen-bond acceptors (Lipinski definition) is 3. The molecule has 1 heterocycles. The predicted octanol–water partition coefficient (Wildman–Crippen LogP) is 3.57. The smallest absolute Gasteiger partial charge is 0.123 e. The Hall–Kier alpha value is -1.06. The van der Waals surface area contributed by atoms with E-state index >= 15 is 0 Å². The first-order chi connectivity index (χ1) is 10.3. The highest BCUT2D eigenvalue weighted by atomic mass is 16.5. The molecule has 1 unspecified atom stereocenters. The maximum atomic E-state index is 5.57. The minimum atomic E-state index is 0.727. The molecule has 1 saturated heterocycles. The van der Waals surface area contributed by atoms with Crippen LogP contribution in [0, 0.1) is 0 Å². The van der Waals surface area contributed by atoms with E-state index in [-0.39, 0.29) is 0 Å². The number of methoxy groups -OCH3 is 1. The molecular weight excluding hydrogens is 260 g/mol. The fourth-order valence-electron chi connectivity index (χ4n) is 3.40. The number of ether oxygens (including phenoxy) is 1. The van der Waals surface area contributed by atoms with Gasteiger partial charge in [-0.1, -0.05) is 25.8 Å². The summed E-state index contributed by atoms with van der Waals surface area (Å²) in [6, 6.07) is 7.29. The van der Waals surface area contributed by atoms with Gasteiger partial charge in [0.25, 0.3) is 0 Å². The van der Waals surface area contributed by atoms with E-state index < -0.39 is 0 Å². The Balaban J connectivity index is 2.16. The molecule has 1 aromatic carbocycles. The van der Waals surface area contributed by atoms with E-state index in [0.717, 1.165) is 24.9 Å². The largest absolute Gasteiger partial charge is 0.496 e. The number of nitrogens with one attached hydrogen (secondary N) is 1. The van der Waals surface area contributed by atoms with Gasteiger partial charge in [0.15, 0.2) is 0 Å². The van der Waals surface area contributed by atoms with E-state index in [9.17, 15) is 0 Å². The Kier molecular flexibility index (Phi) is 6.52. The molecule has 118 valence electrons. The molecule has 1 fully saturated rings. The summed E-state index contributed by atoms with van der Waals surface area (Å²) in [6.45, 7) is 5.46. The monoisotopic (exact) mass is 290 g/mol. The van der Waals surface area contributed by atoms with Gasteiger partial charge in [0.05, 0.1) is 7.11 Å². The molecule has 0 radical (unpaired) electrons. The van der Waals surface area contributed by atoms with Gasteiger partial charge in [-0.3, -0.25) is 4.90 Å². The zero-order valence-electron chi connectivity index (χ0n) is 13.8. The van der Waals surface area contributed by atoms with Crippen LogP contribution in [0.1, 0.15) is 50.2 Å². The summed E-state index contributed by atoms with van der Waals surface area (Å²) >= 11 is 0. The Morgan fingerprint density at radius 1 is 1.29 bits per heavy atom. The minimum absolute atomic E-state index is 0.727. The van der Waals surface area contributed by atoms with Gasteiger partial charge in [-0.2, -0.15) is 0 Å². The van der Waals surface area contributed by atoms with Gasteiger partial charge in [-0.15, -0.1) is 0 Å². The Bertz CT molecular complexity index is 433. The quantitative estimate of drug-likeness (QED) is 0.867. The molecule has 1 aromatic rings. The van der Waals surface area contributed by atoms with Crippen LogP contribution in [-0.2, 0) is 13.1 Å². The Morgan fingerprint density at radius 3 is 2.86 bits per heavy atom. The molecule has 0 aliphatic carbocycles. The maximum absolute atomic E-state index is 5.57. The van der Waals surface area contributed by atoms with Crippen molar-refractivity contribution in [1.82, 2.24) is 10.2 Å². The van der Waals surface area contributed by atoms with E-state index in [2.05, 4.69) is 35.3 Å². The van der Waals surface area contributed by atoms with Crippen molar-refractivity contribution in [2.45, 2.75) is 58.2 Å². The first-order valence-electron chi connectivity index (χ1n) is 8.33. The van der Waals surface area contributed by atoms with Gasteiger partial charge in [0.2, 0.25) is 0 Å². The standard InChI is InChI=1S/C18H30N2O/c1-4-17-8-6-5-7-11-20(17)14-16-12-15(13-19-2)9-10-18(16)21-3/h9-10,12,17,19H,4-8,11,13-14H2,1-3H3. The lowest BCUT2D eigenvalue weighted by Gasteiger charge is -2.29. The molecule has 1 aliphatic heterocycles. The van der Waals surface area contributed by atoms with Crippen LogP contribution in [-0.4, -0.2) is 31.6 Å². The molecule has 0 spiro atoms. The second-order valence-corrected chi connectivity index (χ2v) is 6.06. The molecule has 1 N–H and O–H groups in total. The highest BCUT2D eigenvalue weighted by Gasteiger charge is 2.20. The van der Waals surface area contributed by atoms with E-state index in [0.29, 0.717) is 0 Å². The molecule has 1 aliphatic rings. The lowest BCUT2D eigenvalue weighted by molar-refractivity contribution is 0.184. The van der Waals surface area contributed by atoms with Crippen molar-refractivity contribution in [1.29, 1.82) is 0 Å². The van der Waals surface area contributed by atoms with Gasteiger partial charge in [0.1, 0.15) is 5.75 Å². The molecule has 21 heavy (non-hydrogen) atoms. The van der Waals surface area contributed by atoms with Crippen LogP contribution in [0.5, 0.6) is 5.75 Å². The molecule has 0 amide bonds. The van der Waals surface area contributed by atoms with Crippen molar-refractivity contribution in [3.05, 3.63) is 29.3 Å². The summed E-state index contributed by atoms with van der Waals surface area (Å²) in [5.74, 6) is 1.02. The van der Waals surface area contributed by atoms with E-state index in [1.165, 1.54) is 49.8 Å². The molecule has 0 saturated carbocycles. The molecule has 0 aromatic heterocycles. The highest BCUT2D eigenvalue weighted by Crippen LogP contribution is 2.26. The van der Waals surface area contributed by atoms with Crippen molar-refractivity contribution in [3.8, 4) is 5.75 Å². The van der Waals surface area contributed by atoms with Crippen LogP contribution in [0.2, 0.25) is 0 Å². The summed E-state index contributed by atoms with van der Waals surface area (Å²) in [4.78, 5) is 2.66. The average molecular weight is 290 g/mol. The first-order valence-corrected chi connectivity index (χ1v) is 8.33. The van der Waals surface area contributed by atoms with Gasteiger partial charge < -0.3 is 10.1 Å². The fraction of sp³-hybridized carbons (Fsp3) is 0.667. The number of likely N-dealkylation sites (tertiary alicyclic amines) is 1. The summed E-state index contributed by atoms with van der Waals surface area (Å²) < 4.78 is 5.57. The van der Waals surface area contributed by atoms with Crippen LogP contribution in [0.4, 0.5) is 0 Å². The SMILES string of the molecule is CCC1CCCCCN1Cc1cc(CNC)ccc1OC. The summed E-state index contributed by atoms with van der Waals surface area (Å²) in [6.07, 6.45) is 6.68. The van der Waals surface area contributed by atoms with Crippen LogP contribution in [0.3, 0.4) is 0 Å². The van der Waals surface area contributed by atoms with Gasteiger partial charge in [-0.05, 0) is 50.6 Å². The molecule has 2 rings (SSSR count). The minimum Gasteiger partial charge on any atom is -0.496 e. The number of rotatable bonds is 6. The van der Waals surface area contributed by atoms with Gasteiger partial charge >= 0.3 is 0 Å². The molecule has 3 heteroatoms. The second-order valence-electron chi connectivity index (χ2n) is 6.06. The Labute approximate surface area is 129 Å². The van der Waals surface area contributed by atoms with Gasteiger partial charge in [0, 0.05) is 24.7 Å². The molecule has 0 bridgehead atoms. The normalized spacial score (nSPS) is 20.2. The van der Waals surface area contributed by atoms with E-state index in [1.54, 1.807) is 7.11 Å². The predicted molar refractivity (Wildman–Crippen MR) is 88.7 cm³/mol. The Morgan fingerprint density at radius 2 is 2.14 bits per heavy atom. The summed E-state index contributed by atoms with van der Waals surface area (Å²) in [5, 5.41) is 3.23. The van der Waals surface area contributed by atoms with E-state index in [1.807, 2.05) is 7.05 Å². The lowest BCUT2D eigenvalue weighted by Crippen LogP contribution is -2.34. The summed E-state index contributed by atoms with van der Waals surface area (Å²) in [5.41, 5.74) is 2.65. The third-order valence-corrected chi connectivity index (χ3v) is 4.57. The third kappa shape index (κ3) is 4.45. The molecular formula is C18H30N2O. The van der Waals surface area contributed by atoms with Crippen molar-refractivity contribution in [2.75, 3.05) is 20.7 Å². The average Bonchev–Trinajstić information content (AvgIpc) is 2.73. The number of benzene rings is 1. The van der Waals surface area contributed by atoms with Crippen LogP contribution >= 0.6 is 0 Å². The van der Waals surface area contributed by atoms with Crippen molar-refractivity contribution in [3.63, 3.8) is 0 Å². The van der Waals surface area contributed by atoms with Crippen molar-refractivity contribution >= 4 is 0 Å². The molecule has 3 nitrogen and oxygen atoms in total. The first kappa shape index (κ1) is 16.3. The number of nitrogens with zero attached hydrogens (tertiary/aromatic N) is 1. The fourth-order valence-corrected chi connectivity index (χ4v) is 3.40. The highest BCUT2D eigenvalue weighted by molar-refractivity contribution is 5.37. The molecule has 1 atom stereocenters. The van der Waals surface area contributed by atoms with Crippen molar-refractivity contribution in [2.24, 2.45) is 0 Å². The second kappa shape index (κ2) is 8.40. The van der Waals surface area contributed by atoms with Crippen LogP contribution < -0.4 is 10.1 Å². The zero-order chi connectivity index (χ0) is 15.1. The lowest BCUT2D eigenvalue weighted by atomic mass is 10.1. The van der Waals surface area contributed by atoms with Crippen LogP contribution in [0.25, 0.3) is 0 Å². The topological polar surface area (TPSA) is 24.5 Å². The zero-order valence-corrected chi connectivity index (χ0v) is 13.8. The van der Waals surface area contributed by atoms with Crippen molar-refractivity contribution < 1.29 is 4.74 Å². The third-order valence-electron chi connectivity index (χ3n) is 4.57. The van der Waals surface area contributed by atoms with E-state index in [4.69, 9.17) is 4.74 Å². The van der Waals surface area contributed by atoms with Gasteiger partial charge in [-0.25, -0.2) is 0 Å².